The van der Waals surface area contributed by atoms with Crippen LogP contribution in [0.2, 0.25) is 0 Å². The van der Waals surface area contributed by atoms with Gasteiger partial charge in [0.15, 0.2) is 13.1 Å². The second kappa shape index (κ2) is 10.1. The maximum absolute atomic E-state index is 13.2. The molecule has 1 unspecified atom stereocenters. The molecule has 0 bridgehead atoms. The number of quaternary nitrogens is 1. The van der Waals surface area contributed by atoms with E-state index in [1.54, 1.807) is 12.1 Å². The van der Waals surface area contributed by atoms with Crippen LogP contribution >= 0.6 is 0 Å². The summed E-state index contributed by atoms with van der Waals surface area (Å²) in [7, 11) is 1.81. The number of anilines is 1. The molecule has 1 rings (SSSR count). The number of likely N-dealkylation sites (N-methyl/N-ethyl adjacent to an activating group) is 1. The molecule has 0 heterocycles. The van der Waals surface area contributed by atoms with Crippen molar-refractivity contribution in [2.45, 2.75) is 52.6 Å². The molecule has 0 saturated heterocycles. The number of nitrogens with zero attached hydrogens (tertiary/aromatic N) is 1. The third-order valence-electron chi connectivity index (χ3n) is 4.44. The number of nitrogens with one attached hydrogen (secondary N) is 2. The molecule has 140 valence electrons. The molecule has 0 aliphatic carbocycles. The summed E-state index contributed by atoms with van der Waals surface area (Å²) in [6.45, 7) is 8.64. The van der Waals surface area contributed by atoms with Gasteiger partial charge in [-0.15, -0.1) is 0 Å². The minimum Gasteiger partial charge on any atom is -0.332 e. The summed E-state index contributed by atoms with van der Waals surface area (Å²) in [5, 5.41) is 2.66. The largest absolute Gasteiger partial charge is 0.332 e. The Morgan fingerprint density at radius 1 is 1.16 bits per heavy atom. The van der Waals surface area contributed by atoms with E-state index in [-0.39, 0.29) is 37.0 Å². The Morgan fingerprint density at radius 3 is 2.28 bits per heavy atom. The molecule has 3 atom stereocenters. The van der Waals surface area contributed by atoms with Crippen LogP contribution in [0.3, 0.4) is 0 Å². The van der Waals surface area contributed by atoms with E-state index < -0.39 is 5.82 Å². The summed E-state index contributed by atoms with van der Waals surface area (Å²) in [6, 6.07) is 6.12. The van der Waals surface area contributed by atoms with Gasteiger partial charge in [0, 0.05) is 17.8 Å². The highest BCUT2D eigenvalue weighted by atomic mass is 19.1. The molecule has 2 amide bonds. The van der Waals surface area contributed by atoms with Gasteiger partial charge in [-0.1, -0.05) is 19.9 Å². The molecule has 6 heteroatoms. The van der Waals surface area contributed by atoms with Gasteiger partial charge < -0.3 is 15.1 Å². The van der Waals surface area contributed by atoms with Gasteiger partial charge >= 0.3 is 0 Å². The average Bonchev–Trinajstić information content (AvgIpc) is 2.54. The smallest absolute Gasteiger partial charge is 0.279 e. The van der Waals surface area contributed by atoms with Crippen LogP contribution in [0.15, 0.2) is 24.3 Å². The molecule has 1 aromatic rings. The van der Waals surface area contributed by atoms with Crippen LogP contribution in [0.25, 0.3) is 0 Å². The normalized spacial score (nSPS) is 14.5. The van der Waals surface area contributed by atoms with E-state index in [0.29, 0.717) is 5.69 Å². The first-order valence-corrected chi connectivity index (χ1v) is 8.96. The van der Waals surface area contributed by atoms with Gasteiger partial charge in [0.1, 0.15) is 5.82 Å². The van der Waals surface area contributed by atoms with Crippen molar-refractivity contribution in [1.82, 2.24) is 4.90 Å². The lowest BCUT2D eigenvalue weighted by Gasteiger charge is -2.34. The maximum Gasteiger partial charge on any atom is 0.279 e. The van der Waals surface area contributed by atoms with Gasteiger partial charge in [0.05, 0.1) is 7.05 Å². The molecule has 5 nitrogen and oxygen atoms in total. The minimum absolute atomic E-state index is 0.0553. The van der Waals surface area contributed by atoms with Crippen LogP contribution in [0, 0.1) is 5.82 Å². The Balaban J connectivity index is 2.60. The first-order chi connectivity index (χ1) is 11.8. The van der Waals surface area contributed by atoms with Crippen molar-refractivity contribution >= 4 is 17.5 Å². The molecule has 25 heavy (non-hydrogen) atoms. The van der Waals surface area contributed by atoms with Crippen molar-refractivity contribution in [3.63, 3.8) is 0 Å². The maximum atomic E-state index is 13.2. The highest BCUT2D eigenvalue weighted by molar-refractivity contribution is 5.91. The SMILES string of the molecule is CC[C@@H](C)N(C(=O)C[NH+](C)CC(=O)Nc1cccc(F)c1)[C@H](C)CC. The monoisotopic (exact) mass is 352 g/mol. The third kappa shape index (κ3) is 6.82. The van der Waals surface area contributed by atoms with Crippen molar-refractivity contribution in [1.29, 1.82) is 0 Å². The van der Waals surface area contributed by atoms with Crippen molar-refractivity contribution in [2.24, 2.45) is 0 Å². The van der Waals surface area contributed by atoms with E-state index in [2.05, 4.69) is 33.0 Å². The van der Waals surface area contributed by atoms with Gasteiger partial charge in [-0.05, 0) is 44.9 Å². The minimum atomic E-state index is -0.397. The Morgan fingerprint density at radius 2 is 1.76 bits per heavy atom. The summed E-state index contributed by atoms with van der Waals surface area (Å²) >= 11 is 0. The van der Waals surface area contributed by atoms with E-state index in [4.69, 9.17) is 0 Å². The topological polar surface area (TPSA) is 53.9 Å². The summed E-state index contributed by atoms with van der Waals surface area (Å²) in [5.74, 6) is -0.583. The Bertz CT molecular complexity index is 570. The molecular weight excluding hydrogens is 321 g/mol. The summed E-state index contributed by atoms with van der Waals surface area (Å²) < 4.78 is 13.2. The first-order valence-electron chi connectivity index (χ1n) is 8.96. The van der Waals surface area contributed by atoms with Crippen LogP contribution in [0.4, 0.5) is 10.1 Å². The van der Waals surface area contributed by atoms with Crippen molar-refractivity contribution in [2.75, 3.05) is 25.5 Å². The number of benzene rings is 1. The average molecular weight is 352 g/mol. The molecule has 0 fully saturated rings. The van der Waals surface area contributed by atoms with E-state index in [0.717, 1.165) is 17.7 Å². The second-order valence-corrected chi connectivity index (χ2v) is 6.68. The number of hydrogen-bond donors (Lipinski definition) is 2. The van der Waals surface area contributed by atoms with Gasteiger partial charge in [0.25, 0.3) is 11.8 Å². The lowest BCUT2D eigenvalue weighted by molar-refractivity contribution is -0.862. The number of carbonyl (C=O) groups is 2. The molecule has 2 N–H and O–H groups in total. The predicted octanol–water partition coefficient (Wildman–Crippen LogP) is 1.70. The highest BCUT2D eigenvalue weighted by Crippen LogP contribution is 2.11. The standard InChI is InChI=1S/C19H30FN3O2/c1-6-14(3)23(15(4)7-2)19(25)13-22(5)12-18(24)21-17-10-8-9-16(20)11-17/h8-11,14-15H,6-7,12-13H2,1-5H3,(H,21,24)/p+1/t14-,15-/m1/s1. The van der Waals surface area contributed by atoms with E-state index in [1.807, 2.05) is 11.9 Å². The fourth-order valence-corrected chi connectivity index (χ4v) is 2.78. The summed E-state index contributed by atoms with van der Waals surface area (Å²) in [6.07, 6.45) is 1.80. The second-order valence-electron chi connectivity index (χ2n) is 6.68. The van der Waals surface area contributed by atoms with Crippen molar-refractivity contribution in [3.8, 4) is 0 Å². The zero-order valence-corrected chi connectivity index (χ0v) is 15.9. The fourth-order valence-electron chi connectivity index (χ4n) is 2.78. The van der Waals surface area contributed by atoms with E-state index in [1.165, 1.54) is 12.1 Å². The molecule has 0 radical (unpaired) electrons. The lowest BCUT2D eigenvalue weighted by atomic mass is 10.1. The predicted molar refractivity (Wildman–Crippen MR) is 98.0 cm³/mol. The van der Waals surface area contributed by atoms with Crippen LogP contribution in [0.5, 0.6) is 0 Å². The fraction of sp³-hybridized carbons (Fsp3) is 0.579. The molecule has 0 saturated carbocycles. The van der Waals surface area contributed by atoms with Gasteiger partial charge in [-0.25, -0.2) is 4.39 Å². The van der Waals surface area contributed by atoms with Crippen molar-refractivity contribution < 1.29 is 18.9 Å². The zero-order chi connectivity index (χ0) is 19.0. The Kier molecular flexibility index (Phi) is 8.55. The quantitative estimate of drug-likeness (QED) is 0.711. The molecular formula is C19H31FN3O2+. The Labute approximate surface area is 150 Å². The number of hydrogen-bond acceptors (Lipinski definition) is 2. The summed E-state index contributed by atoms with van der Waals surface area (Å²) in [4.78, 5) is 27.5. The Hall–Kier alpha value is -1.95. The zero-order valence-electron chi connectivity index (χ0n) is 15.9. The first kappa shape index (κ1) is 21.1. The van der Waals surface area contributed by atoms with Crippen LogP contribution in [-0.4, -0.2) is 48.9 Å². The van der Waals surface area contributed by atoms with E-state index in [9.17, 15) is 14.0 Å². The molecule has 0 spiro atoms. The summed E-state index contributed by atoms with van der Waals surface area (Å²) in [5.41, 5.74) is 0.421. The lowest BCUT2D eigenvalue weighted by Crippen LogP contribution is -3.11. The van der Waals surface area contributed by atoms with Crippen LogP contribution in [-0.2, 0) is 9.59 Å². The van der Waals surface area contributed by atoms with Crippen molar-refractivity contribution in [3.05, 3.63) is 30.1 Å². The molecule has 0 aliphatic rings. The molecule has 0 aliphatic heterocycles. The number of halogens is 1. The third-order valence-corrected chi connectivity index (χ3v) is 4.44. The van der Waals surface area contributed by atoms with Gasteiger partial charge in [-0.3, -0.25) is 9.59 Å². The van der Waals surface area contributed by atoms with Gasteiger partial charge in [0.2, 0.25) is 0 Å². The van der Waals surface area contributed by atoms with Crippen LogP contribution < -0.4 is 10.2 Å². The van der Waals surface area contributed by atoms with Crippen LogP contribution in [0.1, 0.15) is 40.5 Å². The van der Waals surface area contributed by atoms with Gasteiger partial charge in [-0.2, -0.15) is 0 Å². The number of carbonyl (C=O) groups excluding carboxylic acids is 2. The number of amides is 2. The molecule has 1 aromatic carbocycles. The van der Waals surface area contributed by atoms with E-state index >= 15 is 0 Å². The highest BCUT2D eigenvalue weighted by Gasteiger charge is 2.26. The molecule has 0 aromatic heterocycles. The number of rotatable bonds is 9.